The van der Waals surface area contributed by atoms with Crippen LogP contribution >= 0.6 is 24.8 Å². The molecule has 0 atom stereocenters. The van der Waals surface area contributed by atoms with Crippen LogP contribution in [0.15, 0.2) is 48.5 Å². The fraction of sp³-hybridized carbons (Fsp3) is 0.348. The second kappa shape index (κ2) is 10.1. The molecule has 29 heavy (non-hydrogen) atoms. The number of pyridine rings is 1. The normalized spacial score (nSPS) is 14.2. The van der Waals surface area contributed by atoms with Crippen LogP contribution in [0.2, 0.25) is 0 Å². The van der Waals surface area contributed by atoms with Crippen LogP contribution < -0.4 is 9.64 Å². The fourth-order valence-electron chi connectivity index (χ4n) is 3.77. The van der Waals surface area contributed by atoms with E-state index in [9.17, 15) is 0 Å². The average Bonchev–Trinajstić information content (AvgIpc) is 2.73. The molecule has 6 heteroatoms. The predicted octanol–water partition coefficient (Wildman–Crippen LogP) is 5.20. The summed E-state index contributed by atoms with van der Waals surface area (Å²) in [6, 6.07) is 17.0. The first-order valence-electron chi connectivity index (χ1n) is 9.71. The third-order valence-corrected chi connectivity index (χ3v) is 5.47. The van der Waals surface area contributed by atoms with Crippen LogP contribution in [0, 0.1) is 6.92 Å². The lowest BCUT2D eigenvalue weighted by Crippen LogP contribution is -2.46. The number of halogens is 2. The van der Waals surface area contributed by atoms with Crippen molar-refractivity contribution in [1.29, 1.82) is 0 Å². The number of rotatable bonds is 4. The molecular weight excluding hydrogens is 405 g/mol. The second-order valence-corrected chi connectivity index (χ2v) is 7.21. The number of piperazine rings is 1. The summed E-state index contributed by atoms with van der Waals surface area (Å²) in [4.78, 5) is 10.1. The summed E-state index contributed by atoms with van der Waals surface area (Å²) in [5, 5.41) is 2.49. The van der Waals surface area contributed by atoms with Crippen molar-refractivity contribution in [2.75, 3.05) is 44.7 Å². The van der Waals surface area contributed by atoms with E-state index in [2.05, 4.69) is 60.0 Å². The summed E-state index contributed by atoms with van der Waals surface area (Å²) in [6.07, 6.45) is 0. The van der Waals surface area contributed by atoms with E-state index in [1.165, 1.54) is 16.3 Å². The van der Waals surface area contributed by atoms with Gasteiger partial charge in [-0.15, -0.1) is 24.8 Å². The molecule has 2 aromatic carbocycles. The molecule has 1 aromatic heterocycles. The molecule has 4 nitrogen and oxygen atoms in total. The van der Waals surface area contributed by atoms with Gasteiger partial charge < -0.3 is 14.5 Å². The lowest BCUT2D eigenvalue weighted by molar-refractivity contribution is 0.271. The number of hydrogen-bond donors (Lipinski definition) is 0. The number of ether oxygens (including phenoxy) is 1. The van der Waals surface area contributed by atoms with Gasteiger partial charge in [0, 0.05) is 37.1 Å². The predicted molar refractivity (Wildman–Crippen MR) is 127 cm³/mol. The Morgan fingerprint density at radius 3 is 2.24 bits per heavy atom. The largest absolute Gasteiger partial charge is 0.497 e. The minimum Gasteiger partial charge on any atom is -0.497 e. The number of benzene rings is 2. The number of likely N-dealkylation sites (N-methyl/N-ethyl adjacent to an activating group) is 1. The molecule has 0 unspecified atom stereocenters. The summed E-state index contributed by atoms with van der Waals surface area (Å²) >= 11 is 0. The van der Waals surface area contributed by atoms with Crippen molar-refractivity contribution in [2.24, 2.45) is 0 Å². The van der Waals surface area contributed by atoms with Gasteiger partial charge in [0.1, 0.15) is 11.6 Å². The van der Waals surface area contributed by atoms with Gasteiger partial charge in [-0.05, 0) is 55.3 Å². The van der Waals surface area contributed by atoms with Gasteiger partial charge in [-0.3, -0.25) is 0 Å². The first-order chi connectivity index (χ1) is 13.2. The molecule has 3 aromatic rings. The summed E-state index contributed by atoms with van der Waals surface area (Å²) in [7, 11) is 1.69. The lowest BCUT2D eigenvalue weighted by atomic mass is 10.0. The van der Waals surface area contributed by atoms with Gasteiger partial charge in [-0.2, -0.15) is 0 Å². The Hall–Kier alpha value is -2.01. The van der Waals surface area contributed by atoms with Gasteiger partial charge >= 0.3 is 0 Å². The molecule has 1 saturated heterocycles. The van der Waals surface area contributed by atoms with E-state index in [0.29, 0.717) is 0 Å². The van der Waals surface area contributed by atoms with Crippen LogP contribution in [0.4, 0.5) is 5.82 Å². The Labute approximate surface area is 185 Å². The second-order valence-electron chi connectivity index (χ2n) is 7.21. The zero-order valence-electron chi connectivity index (χ0n) is 17.2. The van der Waals surface area contributed by atoms with E-state index in [1.807, 2.05) is 12.1 Å². The molecular formula is C23H29Cl2N3O. The number of fused-ring (bicyclic) bond motifs is 1. The molecule has 156 valence electrons. The van der Waals surface area contributed by atoms with E-state index >= 15 is 0 Å². The molecule has 1 fully saturated rings. The highest BCUT2D eigenvalue weighted by molar-refractivity contribution is 5.95. The smallest absolute Gasteiger partial charge is 0.137 e. The highest BCUT2D eigenvalue weighted by Crippen LogP contribution is 2.32. The van der Waals surface area contributed by atoms with E-state index in [4.69, 9.17) is 9.72 Å². The monoisotopic (exact) mass is 433 g/mol. The van der Waals surface area contributed by atoms with Crippen LogP contribution in [0.1, 0.15) is 12.5 Å². The zero-order chi connectivity index (χ0) is 18.8. The van der Waals surface area contributed by atoms with Crippen LogP contribution in [-0.2, 0) is 0 Å². The number of aryl methyl sites for hydroxylation is 1. The van der Waals surface area contributed by atoms with Crippen LogP contribution in [0.5, 0.6) is 5.75 Å². The van der Waals surface area contributed by atoms with E-state index in [1.54, 1.807) is 7.11 Å². The molecule has 1 aliphatic heterocycles. The summed E-state index contributed by atoms with van der Waals surface area (Å²) in [5.41, 5.74) is 3.41. The maximum absolute atomic E-state index is 5.29. The van der Waals surface area contributed by atoms with Crippen molar-refractivity contribution < 1.29 is 4.74 Å². The quantitative estimate of drug-likeness (QED) is 0.564. The Morgan fingerprint density at radius 1 is 0.931 bits per heavy atom. The maximum Gasteiger partial charge on any atom is 0.137 e. The highest BCUT2D eigenvalue weighted by Gasteiger charge is 2.20. The van der Waals surface area contributed by atoms with Crippen LogP contribution in [0.3, 0.4) is 0 Å². The standard InChI is InChI=1S/C23H27N3O.2ClH/c1-4-25-11-13-26(14-12-25)23-21-15-17(2)5-6-19(21)16-22(24-23)18-7-9-20(27-3)10-8-18;;/h5-10,15-16H,4,11-14H2,1-3H3;2*1H. The summed E-state index contributed by atoms with van der Waals surface area (Å²) in [6.45, 7) is 9.74. The summed E-state index contributed by atoms with van der Waals surface area (Å²) < 4.78 is 5.29. The van der Waals surface area contributed by atoms with Crippen molar-refractivity contribution in [2.45, 2.75) is 13.8 Å². The van der Waals surface area contributed by atoms with Gasteiger partial charge in [0.05, 0.1) is 12.8 Å². The average molecular weight is 434 g/mol. The molecule has 0 radical (unpaired) electrons. The van der Waals surface area contributed by atoms with Gasteiger partial charge in [-0.25, -0.2) is 4.98 Å². The van der Waals surface area contributed by atoms with Gasteiger partial charge in [0.2, 0.25) is 0 Å². The molecule has 0 saturated carbocycles. The number of anilines is 1. The van der Waals surface area contributed by atoms with Crippen LogP contribution in [0.25, 0.3) is 22.0 Å². The van der Waals surface area contributed by atoms with Gasteiger partial charge in [0.25, 0.3) is 0 Å². The number of aromatic nitrogens is 1. The molecule has 0 amide bonds. The van der Waals surface area contributed by atoms with Crippen molar-refractivity contribution in [3.8, 4) is 17.0 Å². The molecule has 2 heterocycles. The lowest BCUT2D eigenvalue weighted by Gasteiger charge is -2.35. The molecule has 0 spiro atoms. The van der Waals surface area contributed by atoms with E-state index in [-0.39, 0.29) is 24.8 Å². The summed E-state index contributed by atoms with van der Waals surface area (Å²) in [5.74, 6) is 1.98. The highest BCUT2D eigenvalue weighted by atomic mass is 35.5. The topological polar surface area (TPSA) is 28.6 Å². The van der Waals surface area contributed by atoms with Gasteiger partial charge in [-0.1, -0.05) is 24.6 Å². The molecule has 0 bridgehead atoms. The number of hydrogen-bond acceptors (Lipinski definition) is 4. The van der Waals surface area contributed by atoms with Crippen molar-refractivity contribution in [3.63, 3.8) is 0 Å². The third kappa shape index (κ3) is 4.95. The van der Waals surface area contributed by atoms with Crippen LogP contribution in [-0.4, -0.2) is 49.7 Å². The Balaban J connectivity index is 0.00000150. The number of nitrogens with zero attached hydrogens (tertiary/aromatic N) is 3. The first-order valence-corrected chi connectivity index (χ1v) is 9.71. The SMILES string of the molecule is CCN1CCN(c2nc(-c3ccc(OC)cc3)cc3ccc(C)cc23)CC1.Cl.Cl. The minimum absolute atomic E-state index is 0. The first kappa shape index (κ1) is 23.3. The van der Waals surface area contributed by atoms with Crippen molar-refractivity contribution in [3.05, 3.63) is 54.1 Å². The Bertz CT molecular complexity index is 939. The number of methoxy groups -OCH3 is 1. The van der Waals surface area contributed by atoms with E-state index < -0.39 is 0 Å². The third-order valence-electron chi connectivity index (χ3n) is 5.47. The molecule has 0 N–H and O–H groups in total. The van der Waals surface area contributed by atoms with E-state index in [0.717, 1.165) is 55.5 Å². The van der Waals surface area contributed by atoms with Crippen molar-refractivity contribution >= 4 is 41.4 Å². The van der Waals surface area contributed by atoms with Gasteiger partial charge in [0.15, 0.2) is 0 Å². The van der Waals surface area contributed by atoms with Crippen molar-refractivity contribution in [1.82, 2.24) is 9.88 Å². The molecule has 0 aliphatic carbocycles. The molecule has 4 rings (SSSR count). The maximum atomic E-state index is 5.29. The minimum atomic E-state index is 0. The Morgan fingerprint density at radius 2 is 1.62 bits per heavy atom. The zero-order valence-corrected chi connectivity index (χ0v) is 18.9. The Kier molecular flexibility index (Phi) is 8.14. The molecule has 1 aliphatic rings. The fourth-order valence-corrected chi connectivity index (χ4v) is 3.77.